The summed E-state index contributed by atoms with van der Waals surface area (Å²) in [4.78, 5) is 29.9. The van der Waals surface area contributed by atoms with Crippen molar-refractivity contribution in [1.82, 2.24) is 20.5 Å². The Morgan fingerprint density at radius 1 is 1.24 bits per heavy atom. The number of amides is 2. The summed E-state index contributed by atoms with van der Waals surface area (Å²) in [6, 6.07) is 1.66. The van der Waals surface area contributed by atoms with Crippen molar-refractivity contribution in [3.8, 4) is 0 Å². The molecule has 0 aliphatic rings. The molecule has 1 atom stereocenters. The zero-order valence-corrected chi connectivity index (χ0v) is 13.1. The molecule has 2 N–H and O–H groups in total. The largest absolute Gasteiger partial charge is 0.351 e. The highest BCUT2D eigenvalue weighted by Gasteiger charge is 2.12. The molecule has 1 unspecified atom stereocenters. The second kappa shape index (κ2) is 8.36. The van der Waals surface area contributed by atoms with Gasteiger partial charge in [-0.2, -0.15) is 0 Å². The number of hydrogen-bond donors (Lipinski definition) is 2. The summed E-state index contributed by atoms with van der Waals surface area (Å²) in [6.45, 7) is 5.24. The summed E-state index contributed by atoms with van der Waals surface area (Å²) in [5.74, 6) is -0.428. The van der Waals surface area contributed by atoms with Gasteiger partial charge in [-0.25, -0.2) is 0 Å². The molecule has 2 amide bonds. The van der Waals surface area contributed by atoms with Gasteiger partial charge in [-0.1, -0.05) is 6.92 Å². The standard InChI is InChI=1S/C15H24N4O2/c1-5-11(2)18-15(21)13-8-12(9-16-10-13)14(20)17-6-7-19(3)4/h8-11H,5-7H2,1-4H3,(H,17,20)(H,18,21). The Kier molecular flexibility index (Phi) is 6.81. The molecule has 6 nitrogen and oxygen atoms in total. The van der Waals surface area contributed by atoms with Crippen molar-refractivity contribution in [2.24, 2.45) is 0 Å². The van der Waals surface area contributed by atoms with Gasteiger partial charge in [0.25, 0.3) is 11.8 Å². The van der Waals surface area contributed by atoms with Crippen LogP contribution in [0.3, 0.4) is 0 Å². The molecule has 0 aromatic carbocycles. The van der Waals surface area contributed by atoms with Crippen molar-refractivity contribution >= 4 is 11.8 Å². The third-order valence-corrected chi connectivity index (χ3v) is 3.10. The van der Waals surface area contributed by atoms with E-state index >= 15 is 0 Å². The van der Waals surface area contributed by atoms with E-state index in [4.69, 9.17) is 0 Å². The molecular weight excluding hydrogens is 268 g/mol. The number of aromatic nitrogens is 1. The summed E-state index contributed by atoms with van der Waals surface area (Å²) in [5, 5.41) is 5.65. The highest BCUT2D eigenvalue weighted by Crippen LogP contribution is 2.04. The van der Waals surface area contributed by atoms with Gasteiger partial charge >= 0.3 is 0 Å². The minimum Gasteiger partial charge on any atom is -0.351 e. The maximum Gasteiger partial charge on any atom is 0.253 e. The Bertz CT molecular complexity index is 488. The number of pyridine rings is 1. The number of likely N-dealkylation sites (N-methyl/N-ethyl adjacent to an activating group) is 1. The minimum absolute atomic E-state index is 0.0927. The molecule has 0 saturated carbocycles. The van der Waals surface area contributed by atoms with E-state index in [1.54, 1.807) is 6.07 Å². The van der Waals surface area contributed by atoms with Crippen molar-refractivity contribution in [3.05, 3.63) is 29.6 Å². The molecule has 0 aliphatic heterocycles. The molecule has 0 aliphatic carbocycles. The molecule has 1 aromatic heterocycles. The fourth-order valence-corrected chi connectivity index (χ4v) is 1.59. The summed E-state index contributed by atoms with van der Waals surface area (Å²) < 4.78 is 0. The Labute approximate surface area is 125 Å². The third kappa shape index (κ3) is 5.91. The molecule has 0 spiro atoms. The first-order valence-electron chi connectivity index (χ1n) is 7.12. The molecule has 1 heterocycles. The van der Waals surface area contributed by atoms with Crippen LogP contribution in [0.4, 0.5) is 0 Å². The van der Waals surface area contributed by atoms with Crippen molar-refractivity contribution in [3.63, 3.8) is 0 Å². The SMILES string of the molecule is CCC(C)NC(=O)c1cncc(C(=O)NCCN(C)C)c1. The molecule has 1 rings (SSSR count). The van der Waals surface area contributed by atoms with Crippen molar-refractivity contribution < 1.29 is 9.59 Å². The predicted molar refractivity (Wildman–Crippen MR) is 82.3 cm³/mol. The van der Waals surface area contributed by atoms with E-state index in [9.17, 15) is 9.59 Å². The van der Waals surface area contributed by atoms with Gasteiger partial charge in [-0.05, 0) is 33.5 Å². The van der Waals surface area contributed by atoms with E-state index < -0.39 is 0 Å². The Hall–Kier alpha value is -1.95. The lowest BCUT2D eigenvalue weighted by Crippen LogP contribution is -2.33. The fourth-order valence-electron chi connectivity index (χ4n) is 1.59. The summed E-state index contributed by atoms with van der Waals surface area (Å²) in [7, 11) is 3.88. The Morgan fingerprint density at radius 2 is 1.86 bits per heavy atom. The van der Waals surface area contributed by atoms with Gasteiger partial charge in [-0.3, -0.25) is 14.6 Å². The topological polar surface area (TPSA) is 74.3 Å². The van der Waals surface area contributed by atoms with E-state index in [0.29, 0.717) is 17.7 Å². The maximum atomic E-state index is 12.0. The molecule has 0 radical (unpaired) electrons. The number of carbonyl (C=O) groups is 2. The van der Waals surface area contributed by atoms with Crippen LogP contribution in [0.5, 0.6) is 0 Å². The van der Waals surface area contributed by atoms with Crippen LogP contribution in [-0.4, -0.2) is 54.9 Å². The summed E-state index contributed by atoms with van der Waals surface area (Å²) in [6.07, 6.45) is 3.78. The summed E-state index contributed by atoms with van der Waals surface area (Å²) >= 11 is 0. The van der Waals surface area contributed by atoms with Crippen molar-refractivity contribution in [2.75, 3.05) is 27.2 Å². The number of carbonyl (C=O) groups excluding carboxylic acids is 2. The van der Waals surface area contributed by atoms with Gasteiger partial charge in [0.2, 0.25) is 0 Å². The second-order valence-electron chi connectivity index (χ2n) is 5.30. The van der Waals surface area contributed by atoms with Crippen LogP contribution in [0.25, 0.3) is 0 Å². The second-order valence-corrected chi connectivity index (χ2v) is 5.30. The van der Waals surface area contributed by atoms with Gasteiger partial charge in [0.15, 0.2) is 0 Å². The highest BCUT2D eigenvalue weighted by molar-refractivity contribution is 5.99. The van der Waals surface area contributed by atoms with E-state index in [1.165, 1.54) is 12.4 Å². The molecule has 0 saturated heterocycles. The maximum absolute atomic E-state index is 12.0. The lowest BCUT2D eigenvalue weighted by Gasteiger charge is -2.12. The first-order chi connectivity index (χ1) is 9.93. The zero-order valence-electron chi connectivity index (χ0n) is 13.1. The van der Waals surface area contributed by atoms with E-state index in [0.717, 1.165) is 13.0 Å². The van der Waals surface area contributed by atoms with Gasteiger partial charge in [-0.15, -0.1) is 0 Å². The number of rotatable bonds is 7. The van der Waals surface area contributed by atoms with Crippen molar-refractivity contribution in [1.29, 1.82) is 0 Å². The van der Waals surface area contributed by atoms with Crippen LogP contribution in [0.2, 0.25) is 0 Å². The number of nitrogens with one attached hydrogen (secondary N) is 2. The zero-order chi connectivity index (χ0) is 15.8. The van der Waals surface area contributed by atoms with Crippen LogP contribution >= 0.6 is 0 Å². The van der Waals surface area contributed by atoms with Crippen LogP contribution in [0.1, 0.15) is 41.0 Å². The molecule has 116 valence electrons. The average molecular weight is 292 g/mol. The fraction of sp³-hybridized carbons (Fsp3) is 0.533. The molecule has 6 heteroatoms. The highest BCUT2D eigenvalue weighted by atomic mass is 16.2. The minimum atomic E-state index is -0.220. The monoisotopic (exact) mass is 292 g/mol. The average Bonchev–Trinajstić information content (AvgIpc) is 2.46. The normalized spacial score (nSPS) is 12.0. The molecule has 21 heavy (non-hydrogen) atoms. The van der Waals surface area contributed by atoms with Crippen LogP contribution < -0.4 is 10.6 Å². The Balaban J connectivity index is 2.67. The van der Waals surface area contributed by atoms with Gasteiger partial charge < -0.3 is 15.5 Å². The smallest absolute Gasteiger partial charge is 0.253 e. The predicted octanol–water partition coefficient (Wildman–Crippen LogP) is 0.901. The quantitative estimate of drug-likeness (QED) is 0.783. The molecule has 1 aromatic rings. The lowest BCUT2D eigenvalue weighted by atomic mass is 10.1. The van der Waals surface area contributed by atoms with Crippen molar-refractivity contribution in [2.45, 2.75) is 26.3 Å². The summed E-state index contributed by atoms with van der Waals surface area (Å²) in [5.41, 5.74) is 0.793. The number of hydrogen-bond acceptors (Lipinski definition) is 4. The van der Waals surface area contributed by atoms with Gasteiger partial charge in [0.1, 0.15) is 0 Å². The first-order valence-corrected chi connectivity index (χ1v) is 7.12. The van der Waals surface area contributed by atoms with Gasteiger partial charge in [0, 0.05) is 31.5 Å². The molecule has 0 fully saturated rings. The molecular formula is C15H24N4O2. The first kappa shape index (κ1) is 17.1. The Morgan fingerprint density at radius 3 is 2.43 bits per heavy atom. The van der Waals surface area contributed by atoms with E-state index in [1.807, 2.05) is 32.8 Å². The molecule has 0 bridgehead atoms. The van der Waals surface area contributed by atoms with Crippen LogP contribution in [0.15, 0.2) is 18.5 Å². The van der Waals surface area contributed by atoms with E-state index in [-0.39, 0.29) is 17.9 Å². The van der Waals surface area contributed by atoms with Crippen LogP contribution in [-0.2, 0) is 0 Å². The third-order valence-electron chi connectivity index (χ3n) is 3.10. The van der Waals surface area contributed by atoms with Crippen LogP contribution in [0, 0.1) is 0 Å². The lowest BCUT2D eigenvalue weighted by molar-refractivity contribution is 0.0939. The number of nitrogens with zero attached hydrogens (tertiary/aromatic N) is 2. The van der Waals surface area contributed by atoms with Gasteiger partial charge in [0.05, 0.1) is 11.1 Å². The van der Waals surface area contributed by atoms with E-state index in [2.05, 4.69) is 15.6 Å².